The predicted molar refractivity (Wildman–Crippen MR) is 110 cm³/mol. The summed E-state index contributed by atoms with van der Waals surface area (Å²) in [6.45, 7) is 0. The molecule has 5 rings (SSSR count). The zero-order chi connectivity index (χ0) is 19.6. The van der Waals surface area contributed by atoms with Gasteiger partial charge in [-0.2, -0.15) is 0 Å². The molecule has 0 bridgehead atoms. The molecule has 3 aromatic carbocycles. The fourth-order valence-corrected chi connectivity index (χ4v) is 3.11. The van der Waals surface area contributed by atoms with Crippen molar-refractivity contribution in [2.24, 2.45) is 0 Å². The molecule has 29 heavy (non-hydrogen) atoms. The number of fused-ring (bicyclic) bond motifs is 1. The molecule has 0 saturated carbocycles. The maximum absolute atomic E-state index is 12.5. The van der Waals surface area contributed by atoms with Gasteiger partial charge in [-0.3, -0.25) is 0 Å². The number of hydrogen-bond donors (Lipinski definition) is 0. The molecule has 0 saturated heterocycles. The highest BCUT2D eigenvalue weighted by Crippen LogP contribution is 2.27. The third kappa shape index (κ3) is 3.41. The Kier molecular flexibility index (Phi) is 4.18. The second-order valence-electron chi connectivity index (χ2n) is 6.54. The summed E-state index contributed by atoms with van der Waals surface area (Å²) >= 11 is 0. The Morgan fingerprint density at radius 3 is 2.38 bits per heavy atom. The molecule has 0 N–H and O–H groups in total. The zero-order valence-electron chi connectivity index (χ0n) is 15.4. The van der Waals surface area contributed by atoms with Gasteiger partial charge in [-0.1, -0.05) is 18.2 Å². The Hall–Kier alpha value is -4.12. The monoisotopic (exact) mass is 380 g/mol. The average Bonchev–Trinajstić information content (AvgIpc) is 3.44. The van der Waals surface area contributed by atoms with E-state index in [1.165, 1.54) is 0 Å². The van der Waals surface area contributed by atoms with Crippen LogP contribution in [0.15, 0.2) is 102 Å². The van der Waals surface area contributed by atoms with E-state index in [1.807, 2.05) is 71.6 Å². The highest BCUT2D eigenvalue weighted by Gasteiger charge is 2.12. The predicted octanol–water partition coefficient (Wildman–Crippen LogP) is 5.50. The smallest absolute Gasteiger partial charge is 0.343 e. The van der Waals surface area contributed by atoms with Crippen molar-refractivity contribution in [3.8, 4) is 22.9 Å². The van der Waals surface area contributed by atoms with Crippen molar-refractivity contribution in [1.82, 2.24) is 9.55 Å². The van der Waals surface area contributed by atoms with Gasteiger partial charge in [0.2, 0.25) is 5.89 Å². The number of carbonyl (C=O) groups is 1. The minimum atomic E-state index is -0.425. The van der Waals surface area contributed by atoms with Crippen molar-refractivity contribution in [2.75, 3.05) is 0 Å². The Morgan fingerprint density at radius 2 is 1.62 bits per heavy atom. The molecule has 0 fully saturated rings. The van der Waals surface area contributed by atoms with E-state index >= 15 is 0 Å². The van der Waals surface area contributed by atoms with Crippen LogP contribution in [0.3, 0.4) is 0 Å². The van der Waals surface area contributed by atoms with E-state index in [0.29, 0.717) is 28.3 Å². The molecule has 5 nitrogen and oxygen atoms in total. The molecule has 2 heterocycles. The van der Waals surface area contributed by atoms with E-state index in [0.717, 1.165) is 11.3 Å². The van der Waals surface area contributed by atoms with E-state index in [9.17, 15) is 4.79 Å². The molecular formula is C24H16N2O3. The first-order valence-corrected chi connectivity index (χ1v) is 9.18. The van der Waals surface area contributed by atoms with Crippen LogP contribution < -0.4 is 4.74 Å². The Balaban J connectivity index is 1.36. The molecule has 0 aliphatic heterocycles. The summed E-state index contributed by atoms with van der Waals surface area (Å²) in [6.07, 6.45) is 3.90. The minimum absolute atomic E-state index is 0.410. The van der Waals surface area contributed by atoms with Gasteiger partial charge < -0.3 is 13.7 Å². The maximum Gasteiger partial charge on any atom is 0.343 e. The van der Waals surface area contributed by atoms with Crippen LogP contribution in [0.2, 0.25) is 0 Å². The number of aromatic nitrogens is 2. The van der Waals surface area contributed by atoms with E-state index in [4.69, 9.17) is 9.15 Å². The normalized spacial score (nSPS) is 10.9. The third-order valence-electron chi connectivity index (χ3n) is 4.60. The number of nitrogens with zero attached hydrogens (tertiary/aromatic N) is 2. The van der Waals surface area contributed by atoms with E-state index in [1.54, 1.807) is 30.3 Å². The van der Waals surface area contributed by atoms with Crippen LogP contribution in [0, 0.1) is 0 Å². The summed E-state index contributed by atoms with van der Waals surface area (Å²) in [4.78, 5) is 17.0. The van der Waals surface area contributed by atoms with Gasteiger partial charge in [0.25, 0.3) is 0 Å². The van der Waals surface area contributed by atoms with E-state index in [-0.39, 0.29) is 0 Å². The molecule has 0 aliphatic carbocycles. The van der Waals surface area contributed by atoms with E-state index in [2.05, 4.69) is 4.98 Å². The van der Waals surface area contributed by atoms with Gasteiger partial charge in [0, 0.05) is 29.7 Å². The molecule has 0 unspecified atom stereocenters. The number of benzene rings is 3. The second kappa shape index (κ2) is 7.13. The third-order valence-corrected chi connectivity index (χ3v) is 4.60. The number of hydrogen-bond acceptors (Lipinski definition) is 4. The van der Waals surface area contributed by atoms with Crippen molar-refractivity contribution < 1.29 is 13.9 Å². The molecular weight excluding hydrogens is 364 g/mol. The van der Waals surface area contributed by atoms with Gasteiger partial charge in [0.1, 0.15) is 11.3 Å². The van der Waals surface area contributed by atoms with Crippen molar-refractivity contribution >= 4 is 17.1 Å². The quantitative estimate of drug-likeness (QED) is 0.305. The summed E-state index contributed by atoms with van der Waals surface area (Å²) < 4.78 is 13.3. The van der Waals surface area contributed by atoms with Gasteiger partial charge in [-0.05, 0) is 60.7 Å². The lowest BCUT2D eigenvalue weighted by Crippen LogP contribution is -2.08. The SMILES string of the molecule is O=C(Oc1ccc2nc(-c3ccccc3)oc2c1)c1ccc(-n2cccc2)cc1. The minimum Gasteiger partial charge on any atom is -0.436 e. The fourth-order valence-electron chi connectivity index (χ4n) is 3.11. The van der Waals surface area contributed by atoms with Crippen LogP contribution in [0.1, 0.15) is 10.4 Å². The molecule has 0 amide bonds. The summed E-state index contributed by atoms with van der Waals surface area (Å²) in [6, 6.07) is 26.0. The number of ether oxygens (including phenoxy) is 1. The molecule has 0 radical (unpaired) electrons. The molecule has 0 aliphatic rings. The fraction of sp³-hybridized carbons (Fsp3) is 0. The number of esters is 1. The first-order valence-electron chi connectivity index (χ1n) is 9.18. The van der Waals surface area contributed by atoms with Gasteiger partial charge in [0.15, 0.2) is 5.58 Å². The van der Waals surface area contributed by atoms with Crippen LogP contribution in [-0.4, -0.2) is 15.5 Å². The van der Waals surface area contributed by atoms with Gasteiger partial charge in [-0.25, -0.2) is 9.78 Å². The summed E-state index contributed by atoms with van der Waals surface area (Å²) in [5.41, 5.74) is 3.62. The Labute approximate surface area is 166 Å². The summed E-state index contributed by atoms with van der Waals surface area (Å²) in [5, 5.41) is 0. The highest BCUT2D eigenvalue weighted by molar-refractivity contribution is 5.91. The first-order chi connectivity index (χ1) is 14.3. The second-order valence-corrected chi connectivity index (χ2v) is 6.54. The molecule has 0 atom stereocenters. The van der Waals surface area contributed by atoms with Gasteiger partial charge >= 0.3 is 5.97 Å². The largest absolute Gasteiger partial charge is 0.436 e. The molecule has 2 aromatic heterocycles. The Bertz CT molecular complexity index is 1270. The maximum atomic E-state index is 12.5. The van der Waals surface area contributed by atoms with Crippen molar-refractivity contribution in [1.29, 1.82) is 0 Å². The molecule has 140 valence electrons. The van der Waals surface area contributed by atoms with Gasteiger partial charge in [0.05, 0.1) is 5.56 Å². The van der Waals surface area contributed by atoms with Crippen LogP contribution in [0.4, 0.5) is 0 Å². The first kappa shape index (κ1) is 17.0. The van der Waals surface area contributed by atoms with Crippen LogP contribution in [0.25, 0.3) is 28.2 Å². The molecule has 0 spiro atoms. The van der Waals surface area contributed by atoms with E-state index < -0.39 is 5.97 Å². The van der Waals surface area contributed by atoms with Crippen LogP contribution in [0.5, 0.6) is 5.75 Å². The molecule has 5 aromatic rings. The topological polar surface area (TPSA) is 57.3 Å². The Morgan fingerprint density at radius 1 is 0.862 bits per heavy atom. The van der Waals surface area contributed by atoms with Crippen molar-refractivity contribution in [3.05, 3.63) is 103 Å². The highest BCUT2D eigenvalue weighted by atomic mass is 16.5. The molecule has 5 heteroatoms. The number of oxazole rings is 1. The summed E-state index contributed by atoms with van der Waals surface area (Å²) in [5.74, 6) is 0.517. The lowest BCUT2D eigenvalue weighted by atomic mass is 10.2. The average molecular weight is 380 g/mol. The summed E-state index contributed by atoms with van der Waals surface area (Å²) in [7, 11) is 0. The zero-order valence-corrected chi connectivity index (χ0v) is 15.4. The standard InChI is InChI=1S/C24H16N2O3/c27-24(18-8-10-19(11-9-18)26-14-4-5-15-26)28-20-12-13-21-22(16-20)29-23(25-21)17-6-2-1-3-7-17/h1-16H. The van der Waals surface area contributed by atoms with Gasteiger partial charge in [-0.15, -0.1) is 0 Å². The number of carbonyl (C=O) groups excluding carboxylic acids is 1. The van der Waals surface area contributed by atoms with Crippen LogP contribution >= 0.6 is 0 Å². The lowest BCUT2D eigenvalue weighted by molar-refractivity contribution is 0.0735. The lowest BCUT2D eigenvalue weighted by Gasteiger charge is -2.06. The van der Waals surface area contributed by atoms with Crippen molar-refractivity contribution in [3.63, 3.8) is 0 Å². The number of rotatable bonds is 4. The van der Waals surface area contributed by atoms with Crippen LogP contribution in [-0.2, 0) is 0 Å². The van der Waals surface area contributed by atoms with Crippen molar-refractivity contribution in [2.45, 2.75) is 0 Å².